The molecule has 0 aliphatic rings. The summed E-state index contributed by atoms with van der Waals surface area (Å²) in [6, 6.07) is 10.2. The van der Waals surface area contributed by atoms with Gasteiger partial charge in [0.25, 0.3) is 0 Å². The predicted octanol–water partition coefficient (Wildman–Crippen LogP) is 1.34. The van der Waals surface area contributed by atoms with E-state index in [-0.39, 0.29) is 36.5 Å². The van der Waals surface area contributed by atoms with E-state index in [9.17, 15) is 10.2 Å². The fourth-order valence-corrected chi connectivity index (χ4v) is 2.25. The summed E-state index contributed by atoms with van der Waals surface area (Å²) in [7, 11) is 0. The van der Waals surface area contributed by atoms with Crippen molar-refractivity contribution in [3.05, 3.63) is 47.5 Å². The minimum Gasteiger partial charge on any atom is -0.870 e. The van der Waals surface area contributed by atoms with Crippen molar-refractivity contribution in [3.8, 4) is 23.0 Å². The number of para-hydroxylation sites is 2. The van der Waals surface area contributed by atoms with Crippen molar-refractivity contribution in [2.24, 2.45) is 9.98 Å². The minimum absolute atomic E-state index is 0. The molecule has 0 spiro atoms. The van der Waals surface area contributed by atoms with Crippen LogP contribution in [0.2, 0.25) is 0 Å². The molecule has 0 amide bonds. The van der Waals surface area contributed by atoms with E-state index in [0.29, 0.717) is 48.9 Å². The van der Waals surface area contributed by atoms with Gasteiger partial charge >= 0.3 is 19.5 Å². The Bertz CT molecular complexity index is 716. The van der Waals surface area contributed by atoms with Crippen LogP contribution in [0.5, 0.6) is 23.0 Å². The van der Waals surface area contributed by atoms with Gasteiger partial charge in [-0.05, 0) is 37.1 Å². The molecule has 0 radical (unpaired) electrons. The summed E-state index contributed by atoms with van der Waals surface area (Å²) < 4.78 is 10.5. The monoisotopic (exact) mass is 436 g/mol. The van der Waals surface area contributed by atoms with E-state index in [1.165, 1.54) is 12.4 Å². The molecule has 0 bridgehead atoms. The molecule has 0 heterocycles. The number of hydrogen-bond acceptors (Lipinski definition) is 6. The SMILES string of the molecule is CCOc1cccc(C=NCCN=Cc2cccc(OCC)c2[O-])c1[O-].O.[Zn+2]. The molecular formula is C20H24N2O5Zn. The van der Waals surface area contributed by atoms with Crippen LogP contribution in [0.15, 0.2) is 46.4 Å². The van der Waals surface area contributed by atoms with Crippen LogP contribution in [-0.4, -0.2) is 44.2 Å². The first-order chi connectivity index (χ1) is 12.7. The number of rotatable bonds is 9. The van der Waals surface area contributed by atoms with Crippen LogP contribution in [0.1, 0.15) is 25.0 Å². The molecule has 0 aromatic heterocycles. The van der Waals surface area contributed by atoms with E-state index in [2.05, 4.69) is 9.98 Å². The number of aliphatic imine (C=N–C) groups is 2. The summed E-state index contributed by atoms with van der Waals surface area (Å²) in [5.41, 5.74) is 0.956. The Morgan fingerprint density at radius 2 is 1.18 bits per heavy atom. The standard InChI is InChI=1S/C20H24N2O4.H2O.Zn/c1-3-25-17-9-5-7-15(19(17)23)13-21-11-12-22-14-16-8-6-10-18(20(16)24)26-4-2;;/h5-10,13-14,23-24H,3-4,11-12H2,1-2H3;1H2;/q;;+2/p-2. The first-order valence-electron chi connectivity index (χ1n) is 8.52. The smallest absolute Gasteiger partial charge is 0.870 e. The zero-order chi connectivity index (χ0) is 18.8. The van der Waals surface area contributed by atoms with Gasteiger partial charge in [0.2, 0.25) is 0 Å². The van der Waals surface area contributed by atoms with Gasteiger partial charge in [0, 0.05) is 12.4 Å². The molecule has 0 saturated heterocycles. The van der Waals surface area contributed by atoms with Crippen LogP contribution in [-0.2, 0) is 19.5 Å². The molecule has 8 heteroatoms. The molecule has 28 heavy (non-hydrogen) atoms. The molecule has 0 aliphatic heterocycles. The molecule has 0 saturated carbocycles. The van der Waals surface area contributed by atoms with Crippen molar-refractivity contribution in [2.45, 2.75) is 13.8 Å². The summed E-state index contributed by atoms with van der Waals surface area (Å²) in [4.78, 5) is 8.41. The zero-order valence-electron chi connectivity index (χ0n) is 16.2. The van der Waals surface area contributed by atoms with E-state index >= 15 is 0 Å². The van der Waals surface area contributed by atoms with Crippen molar-refractivity contribution in [1.29, 1.82) is 0 Å². The summed E-state index contributed by atoms with van der Waals surface area (Å²) in [6.07, 6.45) is 3.05. The van der Waals surface area contributed by atoms with Gasteiger partial charge in [-0.1, -0.05) is 35.8 Å². The van der Waals surface area contributed by atoms with Gasteiger partial charge in [-0.3, -0.25) is 9.98 Å². The average molecular weight is 438 g/mol. The molecule has 0 unspecified atom stereocenters. The molecule has 146 valence electrons. The number of nitrogens with zero attached hydrogens (tertiary/aromatic N) is 2. The molecule has 2 N–H and O–H groups in total. The van der Waals surface area contributed by atoms with Crippen molar-refractivity contribution in [1.82, 2.24) is 0 Å². The number of hydrogen-bond donors (Lipinski definition) is 0. The molecular weight excluding hydrogens is 414 g/mol. The van der Waals surface area contributed by atoms with Crippen LogP contribution in [0.25, 0.3) is 0 Å². The van der Waals surface area contributed by atoms with E-state index in [4.69, 9.17) is 9.47 Å². The molecule has 0 fully saturated rings. The molecule has 2 rings (SSSR count). The van der Waals surface area contributed by atoms with Gasteiger partial charge in [-0.25, -0.2) is 0 Å². The van der Waals surface area contributed by atoms with Gasteiger partial charge in [-0.2, -0.15) is 0 Å². The van der Waals surface area contributed by atoms with Crippen molar-refractivity contribution in [3.63, 3.8) is 0 Å². The Labute approximate surface area is 177 Å². The fraction of sp³-hybridized carbons (Fsp3) is 0.300. The first kappa shape index (κ1) is 25.6. The molecule has 7 nitrogen and oxygen atoms in total. The third-order valence-corrected chi connectivity index (χ3v) is 3.44. The van der Waals surface area contributed by atoms with Crippen LogP contribution in [0.3, 0.4) is 0 Å². The van der Waals surface area contributed by atoms with Crippen molar-refractivity contribution in [2.75, 3.05) is 26.3 Å². The number of ether oxygens (including phenoxy) is 2. The maximum Gasteiger partial charge on any atom is 2.00 e. The van der Waals surface area contributed by atoms with Crippen LogP contribution < -0.4 is 19.7 Å². The second kappa shape index (κ2) is 13.7. The van der Waals surface area contributed by atoms with E-state index in [1.54, 1.807) is 36.4 Å². The Kier molecular flexibility index (Phi) is 12.5. The zero-order valence-corrected chi connectivity index (χ0v) is 19.1. The Hall–Kier alpha value is -2.44. The number of benzene rings is 2. The Balaban J connectivity index is 0.00000364. The second-order valence-electron chi connectivity index (χ2n) is 5.29. The van der Waals surface area contributed by atoms with E-state index < -0.39 is 0 Å². The summed E-state index contributed by atoms with van der Waals surface area (Å²) in [5.74, 6) is 0.300. The van der Waals surface area contributed by atoms with E-state index in [1.807, 2.05) is 13.8 Å². The summed E-state index contributed by atoms with van der Waals surface area (Å²) in [5, 5.41) is 24.2. The second-order valence-corrected chi connectivity index (χ2v) is 5.29. The van der Waals surface area contributed by atoms with E-state index in [0.717, 1.165) is 0 Å². The van der Waals surface area contributed by atoms with Gasteiger partial charge in [-0.15, -0.1) is 0 Å². The van der Waals surface area contributed by atoms with Gasteiger partial charge in [0.1, 0.15) is 11.5 Å². The largest absolute Gasteiger partial charge is 2.00 e. The maximum atomic E-state index is 12.1. The first-order valence-corrected chi connectivity index (χ1v) is 8.52. The Morgan fingerprint density at radius 3 is 1.54 bits per heavy atom. The van der Waals surface area contributed by atoms with Crippen LogP contribution in [0, 0.1) is 0 Å². The predicted molar refractivity (Wildman–Crippen MR) is 103 cm³/mol. The molecule has 2 aromatic carbocycles. The maximum absolute atomic E-state index is 12.1. The van der Waals surface area contributed by atoms with Gasteiger partial charge < -0.3 is 25.2 Å². The van der Waals surface area contributed by atoms with Gasteiger partial charge in [0.15, 0.2) is 0 Å². The average Bonchev–Trinajstić information content (AvgIpc) is 2.64. The molecule has 0 aliphatic carbocycles. The van der Waals surface area contributed by atoms with Crippen LogP contribution >= 0.6 is 0 Å². The normalized spacial score (nSPS) is 10.5. The quantitative estimate of drug-likeness (QED) is 0.334. The van der Waals surface area contributed by atoms with Gasteiger partial charge in [0.05, 0.1) is 26.3 Å². The summed E-state index contributed by atoms with van der Waals surface area (Å²) in [6.45, 7) is 5.36. The third kappa shape index (κ3) is 7.29. The summed E-state index contributed by atoms with van der Waals surface area (Å²) >= 11 is 0. The topological polar surface area (TPSA) is 121 Å². The van der Waals surface area contributed by atoms with Crippen molar-refractivity contribution >= 4 is 12.4 Å². The van der Waals surface area contributed by atoms with Crippen LogP contribution in [0.4, 0.5) is 0 Å². The molecule has 2 aromatic rings. The molecule has 0 atom stereocenters. The third-order valence-electron chi connectivity index (χ3n) is 3.44. The van der Waals surface area contributed by atoms with Crippen molar-refractivity contribution < 1.29 is 44.6 Å². The minimum atomic E-state index is -0.176. The fourth-order valence-electron chi connectivity index (χ4n) is 2.25. The Morgan fingerprint density at radius 1 is 0.786 bits per heavy atom.